The van der Waals surface area contributed by atoms with Crippen molar-refractivity contribution in [2.45, 2.75) is 32.6 Å². The Morgan fingerprint density at radius 3 is 3.05 bits per heavy atom. The van der Waals surface area contributed by atoms with Crippen LogP contribution in [-0.4, -0.2) is 25.5 Å². The van der Waals surface area contributed by atoms with Crippen LogP contribution in [0.1, 0.15) is 30.4 Å². The Bertz CT molecular complexity index is 483. The SMILES string of the molecule is Cc1ccc2c(c1)CCCN2C(=O)CC1CCNC1.Cl. The number of carbonyl (C=O) groups is 1. The number of rotatable bonds is 2. The molecular weight excluding hydrogens is 272 g/mol. The smallest absolute Gasteiger partial charge is 0.227 e. The lowest BCUT2D eigenvalue weighted by molar-refractivity contribution is -0.119. The van der Waals surface area contributed by atoms with E-state index < -0.39 is 0 Å². The molecule has 110 valence electrons. The third-order valence-electron chi connectivity index (χ3n) is 4.28. The molecule has 3 rings (SSSR count). The number of nitrogens with zero attached hydrogens (tertiary/aromatic N) is 1. The van der Waals surface area contributed by atoms with Crippen LogP contribution >= 0.6 is 12.4 Å². The number of fused-ring (bicyclic) bond motifs is 1. The van der Waals surface area contributed by atoms with Crippen LogP contribution in [0.2, 0.25) is 0 Å². The van der Waals surface area contributed by atoms with Gasteiger partial charge < -0.3 is 10.2 Å². The van der Waals surface area contributed by atoms with E-state index in [0.717, 1.165) is 44.6 Å². The fourth-order valence-electron chi connectivity index (χ4n) is 3.23. The van der Waals surface area contributed by atoms with E-state index in [9.17, 15) is 4.79 Å². The molecule has 1 unspecified atom stereocenters. The van der Waals surface area contributed by atoms with E-state index in [2.05, 4.69) is 30.4 Å². The van der Waals surface area contributed by atoms with Gasteiger partial charge in [-0.15, -0.1) is 12.4 Å². The summed E-state index contributed by atoms with van der Waals surface area (Å²) in [6.07, 6.45) is 4.03. The average Bonchev–Trinajstić information content (AvgIpc) is 2.90. The highest BCUT2D eigenvalue weighted by molar-refractivity contribution is 5.94. The summed E-state index contributed by atoms with van der Waals surface area (Å²) in [6, 6.07) is 6.46. The van der Waals surface area contributed by atoms with Crippen LogP contribution in [0, 0.1) is 12.8 Å². The van der Waals surface area contributed by atoms with Crippen molar-refractivity contribution >= 4 is 24.0 Å². The fourth-order valence-corrected chi connectivity index (χ4v) is 3.23. The predicted octanol–water partition coefficient (Wildman–Crippen LogP) is 2.70. The first-order valence-corrected chi connectivity index (χ1v) is 7.34. The molecule has 1 aromatic rings. The predicted molar refractivity (Wildman–Crippen MR) is 84.7 cm³/mol. The third-order valence-corrected chi connectivity index (χ3v) is 4.28. The summed E-state index contributed by atoms with van der Waals surface area (Å²) in [6.45, 7) is 5.06. The summed E-state index contributed by atoms with van der Waals surface area (Å²) < 4.78 is 0. The van der Waals surface area contributed by atoms with Crippen molar-refractivity contribution in [3.63, 3.8) is 0 Å². The van der Waals surface area contributed by atoms with Gasteiger partial charge in [0.05, 0.1) is 0 Å². The highest BCUT2D eigenvalue weighted by atomic mass is 35.5. The minimum atomic E-state index is 0. The second kappa shape index (κ2) is 6.59. The lowest BCUT2D eigenvalue weighted by Gasteiger charge is -2.30. The van der Waals surface area contributed by atoms with Crippen molar-refractivity contribution in [1.29, 1.82) is 0 Å². The summed E-state index contributed by atoms with van der Waals surface area (Å²) in [7, 11) is 0. The number of hydrogen-bond acceptors (Lipinski definition) is 2. The Morgan fingerprint density at radius 2 is 2.30 bits per heavy atom. The molecule has 20 heavy (non-hydrogen) atoms. The first-order valence-electron chi connectivity index (χ1n) is 7.34. The van der Waals surface area contributed by atoms with Gasteiger partial charge in [-0.05, 0) is 56.8 Å². The lowest BCUT2D eigenvalue weighted by Crippen LogP contribution is -2.36. The van der Waals surface area contributed by atoms with Gasteiger partial charge >= 0.3 is 0 Å². The molecule has 0 radical (unpaired) electrons. The van der Waals surface area contributed by atoms with Crippen molar-refractivity contribution in [3.8, 4) is 0 Å². The van der Waals surface area contributed by atoms with Crippen LogP contribution in [0.5, 0.6) is 0 Å². The van der Waals surface area contributed by atoms with Gasteiger partial charge in [0, 0.05) is 18.7 Å². The molecule has 3 nitrogen and oxygen atoms in total. The quantitative estimate of drug-likeness (QED) is 0.909. The maximum Gasteiger partial charge on any atom is 0.227 e. The maximum absolute atomic E-state index is 12.5. The Balaban J connectivity index is 0.00000147. The highest BCUT2D eigenvalue weighted by Crippen LogP contribution is 2.29. The zero-order valence-corrected chi connectivity index (χ0v) is 12.8. The second-order valence-corrected chi connectivity index (χ2v) is 5.84. The van der Waals surface area contributed by atoms with E-state index in [1.54, 1.807) is 0 Å². The molecule has 1 amide bonds. The van der Waals surface area contributed by atoms with Gasteiger partial charge in [-0.2, -0.15) is 0 Å². The van der Waals surface area contributed by atoms with Crippen molar-refractivity contribution in [3.05, 3.63) is 29.3 Å². The largest absolute Gasteiger partial charge is 0.316 e. The molecule has 0 saturated carbocycles. The molecule has 2 heterocycles. The normalized spacial score (nSPS) is 21.2. The number of benzene rings is 1. The van der Waals surface area contributed by atoms with Crippen LogP contribution in [0.25, 0.3) is 0 Å². The fraction of sp³-hybridized carbons (Fsp3) is 0.562. The molecule has 2 aliphatic rings. The number of halogens is 1. The minimum Gasteiger partial charge on any atom is -0.316 e. The van der Waals surface area contributed by atoms with E-state index in [1.165, 1.54) is 11.1 Å². The van der Waals surface area contributed by atoms with E-state index in [-0.39, 0.29) is 12.4 Å². The zero-order chi connectivity index (χ0) is 13.2. The van der Waals surface area contributed by atoms with Gasteiger partial charge in [-0.1, -0.05) is 17.7 Å². The standard InChI is InChI=1S/C16H22N2O.ClH/c1-12-4-5-15-14(9-12)3-2-8-18(15)16(19)10-13-6-7-17-11-13;/h4-5,9,13,17H,2-3,6-8,10-11H2,1H3;1H. The molecule has 0 bridgehead atoms. The first kappa shape index (κ1) is 15.3. The number of hydrogen-bond donors (Lipinski definition) is 1. The Kier molecular flexibility index (Phi) is 5.06. The topological polar surface area (TPSA) is 32.3 Å². The van der Waals surface area contributed by atoms with Crippen molar-refractivity contribution in [2.75, 3.05) is 24.5 Å². The van der Waals surface area contributed by atoms with Gasteiger partial charge in [0.1, 0.15) is 0 Å². The third kappa shape index (κ3) is 3.15. The van der Waals surface area contributed by atoms with Crippen LogP contribution in [0.15, 0.2) is 18.2 Å². The minimum absolute atomic E-state index is 0. The molecule has 1 aromatic carbocycles. The number of amides is 1. The molecule has 0 spiro atoms. The van der Waals surface area contributed by atoms with Crippen LogP contribution in [0.3, 0.4) is 0 Å². The Morgan fingerprint density at radius 1 is 1.45 bits per heavy atom. The van der Waals surface area contributed by atoms with Crippen molar-refractivity contribution < 1.29 is 4.79 Å². The van der Waals surface area contributed by atoms with Gasteiger partial charge in [-0.3, -0.25) is 4.79 Å². The molecule has 0 aromatic heterocycles. The first-order chi connectivity index (χ1) is 9.24. The van der Waals surface area contributed by atoms with Crippen molar-refractivity contribution in [1.82, 2.24) is 5.32 Å². The van der Waals surface area contributed by atoms with E-state index in [1.807, 2.05) is 4.90 Å². The average molecular weight is 295 g/mol. The molecule has 1 saturated heterocycles. The van der Waals surface area contributed by atoms with Gasteiger partial charge in [0.2, 0.25) is 5.91 Å². The van der Waals surface area contributed by atoms with E-state index in [4.69, 9.17) is 0 Å². The van der Waals surface area contributed by atoms with E-state index in [0.29, 0.717) is 18.2 Å². The lowest BCUT2D eigenvalue weighted by atomic mass is 9.97. The molecule has 1 atom stereocenters. The molecular formula is C16H23ClN2O. The van der Waals surface area contributed by atoms with Crippen LogP contribution < -0.4 is 10.2 Å². The summed E-state index contributed by atoms with van der Waals surface area (Å²) >= 11 is 0. The number of nitrogens with one attached hydrogen (secondary N) is 1. The Labute approximate surface area is 127 Å². The van der Waals surface area contributed by atoms with Gasteiger partial charge in [0.25, 0.3) is 0 Å². The second-order valence-electron chi connectivity index (χ2n) is 5.84. The molecule has 2 aliphatic heterocycles. The Hall–Kier alpha value is -1.06. The number of anilines is 1. The summed E-state index contributed by atoms with van der Waals surface area (Å²) in [5.41, 5.74) is 3.77. The molecule has 1 N–H and O–H groups in total. The number of carbonyl (C=O) groups excluding carboxylic acids is 1. The van der Waals surface area contributed by atoms with Crippen molar-refractivity contribution in [2.24, 2.45) is 5.92 Å². The maximum atomic E-state index is 12.5. The van der Waals surface area contributed by atoms with Crippen LogP contribution in [-0.2, 0) is 11.2 Å². The van der Waals surface area contributed by atoms with Gasteiger partial charge in [-0.25, -0.2) is 0 Å². The highest BCUT2D eigenvalue weighted by Gasteiger charge is 2.25. The summed E-state index contributed by atoms with van der Waals surface area (Å²) in [5, 5.41) is 3.34. The summed E-state index contributed by atoms with van der Waals surface area (Å²) in [5.74, 6) is 0.835. The van der Waals surface area contributed by atoms with E-state index >= 15 is 0 Å². The number of aryl methyl sites for hydroxylation is 2. The van der Waals surface area contributed by atoms with Gasteiger partial charge in [0.15, 0.2) is 0 Å². The molecule has 4 heteroatoms. The molecule has 0 aliphatic carbocycles. The summed E-state index contributed by atoms with van der Waals surface area (Å²) in [4.78, 5) is 14.5. The monoisotopic (exact) mass is 294 g/mol. The zero-order valence-electron chi connectivity index (χ0n) is 12.0. The van der Waals surface area contributed by atoms with Crippen LogP contribution in [0.4, 0.5) is 5.69 Å². The molecule has 1 fully saturated rings.